The number of hydrogen-bond acceptors (Lipinski definition) is 6. The van der Waals surface area contributed by atoms with Gasteiger partial charge in [0.05, 0.1) is 17.0 Å². The zero-order valence-corrected chi connectivity index (χ0v) is 18.8. The molecule has 0 aliphatic rings. The number of rotatable bonds is 10. The first-order valence-corrected chi connectivity index (χ1v) is 11.1. The van der Waals surface area contributed by atoms with Crippen LogP contribution in [0, 0.1) is 0 Å². The number of amides is 2. The summed E-state index contributed by atoms with van der Waals surface area (Å²) < 4.78 is 6.46. The van der Waals surface area contributed by atoms with E-state index in [-0.39, 0.29) is 23.3 Å². The largest absolute Gasteiger partial charge is 0.385 e. The maximum Gasteiger partial charge on any atom is 0.343 e. The van der Waals surface area contributed by atoms with Crippen LogP contribution >= 0.6 is 23.4 Å². The second-order valence-electron chi connectivity index (χ2n) is 6.65. The molecule has 9 nitrogen and oxygen atoms in total. The van der Waals surface area contributed by atoms with Crippen molar-refractivity contribution in [1.82, 2.24) is 14.8 Å². The van der Waals surface area contributed by atoms with Crippen molar-refractivity contribution in [3.05, 3.63) is 69.6 Å². The molecule has 3 aromatic rings. The molecule has 11 heteroatoms. The maximum atomic E-state index is 12.7. The van der Waals surface area contributed by atoms with Gasteiger partial charge in [-0.3, -0.25) is 14.2 Å². The van der Waals surface area contributed by atoms with Gasteiger partial charge in [0.15, 0.2) is 5.16 Å². The molecule has 1 heterocycles. The van der Waals surface area contributed by atoms with E-state index in [0.29, 0.717) is 46.7 Å². The number of anilines is 2. The molecule has 0 aliphatic carbocycles. The van der Waals surface area contributed by atoms with Gasteiger partial charge in [-0.25, -0.2) is 9.89 Å². The van der Waals surface area contributed by atoms with Gasteiger partial charge in [0.1, 0.15) is 0 Å². The molecule has 3 N–H and O–H groups in total. The van der Waals surface area contributed by atoms with Crippen LogP contribution < -0.4 is 16.3 Å². The molecule has 0 saturated heterocycles. The number of H-pyrrole nitrogens is 1. The lowest BCUT2D eigenvalue weighted by molar-refractivity contribution is -0.113. The Kier molecular flexibility index (Phi) is 8.48. The summed E-state index contributed by atoms with van der Waals surface area (Å²) in [6.45, 7) is 0.942. The Balaban J connectivity index is 1.62. The Bertz CT molecular complexity index is 1130. The topological polar surface area (TPSA) is 118 Å². The molecule has 0 fully saturated rings. The summed E-state index contributed by atoms with van der Waals surface area (Å²) in [6.07, 6.45) is 0.645. The fraction of sp³-hybridized carbons (Fsp3) is 0.238. The third-order valence-electron chi connectivity index (χ3n) is 4.33. The molecular weight excluding hydrogens is 454 g/mol. The van der Waals surface area contributed by atoms with Crippen molar-refractivity contribution in [2.45, 2.75) is 18.1 Å². The number of aromatic amines is 1. The highest BCUT2D eigenvalue weighted by Gasteiger charge is 2.15. The van der Waals surface area contributed by atoms with Crippen molar-refractivity contribution in [2.75, 3.05) is 30.1 Å². The molecule has 0 unspecified atom stereocenters. The van der Waals surface area contributed by atoms with Crippen molar-refractivity contribution in [3.8, 4) is 0 Å². The Morgan fingerprint density at radius 2 is 1.91 bits per heavy atom. The Morgan fingerprint density at radius 1 is 1.16 bits per heavy atom. The molecule has 1 aromatic heterocycles. The summed E-state index contributed by atoms with van der Waals surface area (Å²) in [7, 11) is 1.59. The van der Waals surface area contributed by atoms with Gasteiger partial charge in [0, 0.05) is 31.0 Å². The molecule has 0 spiro atoms. The lowest BCUT2D eigenvalue weighted by Crippen LogP contribution is -2.21. The number of aromatic nitrogens is 3. The Labute approximate surface area is 193 Å². The number of carbonyl (C=O) groups excluding carboxylic acids is 2. The molecule has 0 bridgehead atoms. The number of ether oxygens (including phenoxy) is 1. The molecule has 3 rings (SSSR count). The molecule has 0 saturated carbocycles. The summed E-state index contributed by atoms with van der Waals surface area (Å²) in [5, 5.41) is 12.9. The number of methoxy groups -OCH3 is 1. The Hall–Kier alpha value is -3.08. The minimum Gasteiger partial charge on any atom is -0.385 e. The summed E-state index contributed by atoms with van der Waals surface area (Å²) >= 11 is 7.00. The van der Waals surface area contributed by atoms with E-state index in [1.807, 2.05) is 0 Å². The minimum atomic E-state index is -0.366. The van der Waals surface area contributed by atoms with Gasteiger partial charge in [-0.05, 0) is 42.8 Å². The normalized spacial score (nSPS) is 10.7. The second kappa shape index (κ2) is 11.5. The molecule has 2 amide bonds. The van der Waals surface area contributed by atoms with Gasteiger partial charge >= 0.3 is 5.69 Å². The quantitative estimate of drug-likeness (QED) is 0.306. The standard InChI is InChI=1S/C21H22ClN5O4S/c1-31-12-4-11-27-20(30)25-26-21(27)32-13-18(28)24-17-6-3-2-5-16(17)19(29)23-15-9-7-14(22)8-10-15/h2-3,5-10H,4,11-13H2,1H3,(H,23,29)(H,24,28)(H,25,30). The maximum absolute atomic E-state index is 12.7. The number of benzene rings is 2. The van der Waals surface area contributed by atoms with Crippen molar-refractivity contribution >= 4 is 46.6 Å². The van der Waals surface area contributed by atoms with Gasteiger partial charge < -0.3 is 15.4 Å². The predicted octanol–water partition coefficient (Wildman–Crippen LogP) is 3.24. The monoisotopic (exact) mass is 475 g/mol. The lowest BCUT2D eigenvalue weighted by Gasteiger charge is -2.11. The van der Waals surface area contributed by atoms with Crippen LogP contribution in [0.2, 0.25) is 5.02 Å². The van der Waals surface area contributed by atoms with E-state index in [2.05, 4.69) is 20.8 Å². The first-order chi connectivity index (χ1) is 15.5. The fourth-order valence-electron chi connectivity index (χ4n) is 2.82. The molecule has 32 heavy (non-hydrogen) atoms. The van der Waals surface area contributed by atoms with Crippen molar-refractivity contribution in [2.24, 2.45) is 0 Å². The number of para-hydroxylation sites is 1. The van der Waals surface area contributed by atoms with Gasteiger partial charge in [-0.15, -0.1) is 5.10 Å². The van der Waals surface area contributed by atoms with Crippen LogP contribution in [0.3, 0.4) is 0 Å². The van der Waals surface area contributed by atoms with Crippen LogP contribution in [0.15, 0.2) is 58.5 Å². The molecule has 0 aliphatic heterocycles. The SMILES string of the molecule is COCCCn1c(SCC(=O)Nc2ccccc2C(=O)Nc2ccc(Cl)cc2)n[nH]c1=O. The zero-order valence-electron chi connectivity index (χ0n) is 17.3. The number of carbonyl (C=O) groups is 2. The molecule has 0 radical (unpaired) electrons. The van der Waals surface area contributed by atoms with Crippen molar-refractivity contribution in [1.29, 1.82) is 0 Å². The highest BCUT2D eigenvalue weighted by atomic mass is 35.5. The van der Waals surface area contributed by atoms with Crippen LogP contribution in [0.1, 0.15) is 16.8 Å². The zero-order chi connectivity index (χ0) is 22.9. The van der Waals surface area contributed by atoms with Crippen LogP contribution in [0.25, 0.3) is 0 Å². The summed E-state index contributed by atoms with van der Waals surface area (Å²) in [6, 6.07) is 13.4. The predicted molar refractivity (Wildman–Crippen MR) is 125 cm³/mol. The van der Waals surface area contributed by atoms with Gasteiger partial charge in [-0.2, -0.15) is 0 Å². The van der Waals surface area contributed by atoms with E-state index in [1.165, 1.54) is 4.57 Å². The highest BCUT2D eigenvalue weighted by molar-refractivity contribution is 7.99. The van der Waals surface area contributed by atoms with E-state index in [0.717, 1.165) is 11.8 Å². The number of nitrogens with zero attached hydrogens (tertiary/aromatic N) is 2. The lowest BCUT2D eigenvalue weighted by atomic mass is 10.1. The number of halogens is 1. The average molecular weight is 476 g/mol. The fourth-order valence-corrected chi connectivity index (χ4v) is 3.71. The summed E-state index contributed by atoms with van der Waals surface area (Å²) in [5.74, 6) is -0.683. The average Bonchev–Trinajstić information content (AvgIpc) is 3.14. The highest BCUT2D eigenvalue weighted by Crippen LogP contribution is 2.20. The van der Waals surface area contributed by atoms with Crippen LogP contribution in [-0.4, -0.2) is 46.0 Å². The molecule has 168 valence electrons. The van der Waals surface area contributed by atoms with Crippen molar-refractivity contribution < 1.29 is 14.3 Å². The number of nitrogens with one attached hydrogen (secondary N) is 3. The van der Waals surface area contributed by atoms with Gasteiger partial charge in [-0.1, -0.05) is 35.5 Å². The first kappa shape index (κ1) is 23.6. The third kappa shape index (κ3) is 6.46. The van der Waals surface area contributed by atoms with Gasteiger partial charge in [0.25, 0.3) is 5.91 Å². The molecular formula is C21H22ClN5O4S. The smallest absolute Gasteiger partial charge is 0.343 e. The van der Waals surface area contributed by atoms with E-state index < -0.39 is 0 Å². The van der Waals surface area contributed by atoms with Crippen LogP contribution in [0.4, 0.5) is 11.4 Å². The number of hydrogen-bond donors (Lipinski definition) is 3. The van der Waals surface area contributed by atoms with E-state index in [1.54, 1.807) is 55.6 Å². The summed E-state index contributed by atoms with van der Waals surface area (Å²) in [5.41, 5.74) is 0.940. The van der Waals surface area contributed by atoms with Crippen molar-refractivity contribution in [3.63, 3.8) is 0 Å². The van der Waals surface area contributed by atoms with E-state index in [9.17, 15) is 14.4 Å². The Morgan fingerprint density at radius 3 is 2.66 bits per heavy atom. The second-order valence-corrected chi connectivity index (χ2v) is 8.03. The molecule has 0 atom stereocenters. The van der Waals surface area contributed by atoms with E-state index in [4.69, 9.17) is 16.3 Å². The van der Waals surface area contributed by atoms with E-state index >= 15 is 0 Å². The first-order valence-electron chi connectivity index (χ1n) is 9.70. The van der Waals surface area contributed by atoms with Crippen LogP contribution in [0.5, 0.6) is 0 Å². The third-order valence-corrected chi connectivity index (χ3v) is 5.56. The number of thioether (sulfide) groups is 1. The molecule has 2 aromatic carbocycles. The van der Waals surface area contributed by atoms with Gasteiger partial charge in [0.2, 0.25) is 5.91 Å². The van der Waals surface area contributed by atoms with Crippen LogP contribution in [-0.2, 0) is 16.1 Å². The summed E-state index contributed by atoms with van der Waals surface area (Å²) in [4.78, 5) is 37.1. The minimum absolute atomic E-state index is 0.0156.